The molecule has 0 amide bonds. The van der Waals surface area contributed by atoms with E-state index >= 15 is 0 Å². The molecule has 4 rings (SSSR count). The number of alkyl halides is 3. The third-order valence-electron chi connectivity index (χ3n) is 4.79. The highest BCUT2D eigenvalue weighted by atomic mass is 19.4. The van der Waals surface area contributed by atoms with Crippen LogP contribution in [0.5, 0.6) is 0 Å². The summed E-state index contributed by atoms with van der Waals surface area (Å²) in [7, 11) is 1.90. The van der Waals surface area contributed by atoms with Gasteiger partial charge in [-0.3, -0.25) is 14.6 Å². The van der Waals surface area contributed by atoms with Crippen molar-refractivity contribution in [2.45, 2.75) is 31.5 Å². The van der Waals surface area contributed by atoms with Gasteiger partial charge in [0.2, 0.25) is 5.82 Å². The van der Waals surface area contributed by atoms with E-state index in [0.29, 0.717) is 5.56 Å². The average molecular weight is 392 g/mol. The minimum atomic E-state index is -4.65. The van der Waals surface area contributed by atoms with E-state index in [0.717, 1.165) is 43.9 Å². The molecule has 1 aliphatic heterocycles. The molecule has 0 spiro atoms. The zero-order valence-electron chi connectivity index (χ0n) is 15.2. The number of rotatable bonds is 4. The summed E-state index contributed by atoms with van der Waals surface area (Å²) in [4.78, 5) is 10.2. The molecule has 3 aromatic heterocycles. The number of piperidine rings is 1. The van der Waals surface area contributed by atoms with Crippen molar-refractivity contribution in [3.8, 4) is 11.4 Å². The lowest BCUT2D eigenvalue weighted by Gasteiger charge is -2.31. The second-order valence-electron chi connectivity index (χ2n) is 6.95. The van der Waals surface area contributed by atoms with E-state index in [1.165, 1.54) is 6.20 Å². The van der Waals surface area contributed by atoms with Gasteiger partial charge in [0, 0.05) is 49.7 Å². The number of nitrogens with zero attached hydrogens (tertiary/aromatic N) is 6. The Kier molecular flexibility index (Phi) is 4.88. The normalized spacial score (nSPS) is 18.5. The molecule has 1 saturated heterocycles. The van der Waals surface area contributed by atoms with E-state index in [-0.39, 0.29) is 11.7 Å². The molecule has 0 aromatic carbocycles. The minimum Gasteiger partial charge on any atom is -0.329 e. The molecule has 148 valence electrons. The van der Waals surface area contributed by atoms with Crippen molar-refractivity contribution in [1.29, 1.82) is 0 Å². The standard InChI is InChI=1S/C18H19F3N6O/c1-26-8-6-14(24-26)11-27-7-2-3-13(10-27)15-5-4-12(9-22-15)16-23-17(28-25-16)18(19,20)21/h4-6,8-9,13H,2-3,7,10-11H2,1H3/t13-/m0/s1. The Hall–Kier alpha value is -2.75. The number of aryl methyl sites for hydroxylation is 1. The van der Waals surface area contributed by atoms with Crippen molar-refractivity contribution < 1.29 is 17.7 Å². The minimum absolute atomic E-state index is 0.119. The van der Waals surface area contributed by atoms with Crippen LogP contribution in [0.2, 0.25) is 0 Å². The molecular formula is C18H19F3N6O. The smallest absolute Gasteiger partial charge is 0.329 e. The maximum absolute atomic E-state index is 12.6. The fraction of sp³-hybridized carbons (Fsp3) is 0.444. The summed E-state index contributed by atoms with van der Waals surface area (Å²) >= 11 is 0. The Morgan fingerprint density at radius 2 is 2.11 bits per heavy atom. The van der Waals surface area contributed by atoms with Gasteiger partial charge in [0.05, 0.1) is 5.69 Å². The Labute approximate surface area is 159 Å². The van der Waals surface area contributed by atoms with Crippen LogP contribution in [-0.2, 0) is 19.8 Å². The number of pyridine rings is 1. The average Bonchev–Trinajstić information content (AvgIpc) is 3.31. The highest BCUT2D eigenvalue weighted by Crippen LogP contribution is 2.30. The van der Waals surface area contributed by atoms with Gasteiger partial charge in [0.15, 0.2) is 0 Å². The topological polar surface area (TPSA) is 72.9 Å². The first-order valence-electron chi connectivity index (χ1n) is 8.96. The summed E-state index contributed by atoms with van der Waals surface area (Å²) in [6, 6.07) is 5.52. The van der Waals surface area contributed by atoms with Gasteiger partial charge in [-0.2, -0.15) is 23.3 Å². The summed E-state index contributed by atoms with van der Waals surface area (Å²) in [6.07, 6.45) is 0.848. The molecule has 10 heteroatoms. The van der Waals surface area contributed by atoms with Gasteiger partial charge in [-0.15, -0.1) is 0 Å². The van der Waals surface area contributed by atoms with Crippen LogP contribution in [0.1, 0.15) is 36.0 Å². The van der Waals surface area contributed by atoms with E-state index < -0.39 is 12.1 Å². The Morgan fingerprint density at radius 3 is 2.75 bits per heavy atom. The van der Waals surface area contributed by atoms with Crippen LogP contribution in [0.25, 0.3) is 11.4 Å². The van der Waals surface area contributed by atoms with Gasteiger partial charge in [0.25, 0.3) is 0 Å². The lowest BCUT2D eigenvalue weighted by atomic mass is 9.94. The van der Waals surface area contributed by atoms with Crippen LogP contribution in [0, 0.1) is 0 Å². The highest BCUT2D eigenvalue weighted by molar-refractivity contribution is 5.52. The largest absolute Gasteiger partial charge is 0.471 e. The lowest BCUT2D eigenvalue weighted by Crippen LogP contribution is -2.34. The number of aromatic nitrogens is 5. The van der Waals surface area contributed by atoms with Crippen LogP contribution in [0.4, 0.5) is 13.2 Å². The molecule has 4 heterocycles. The second kappa shape index (κ2) is 7.34. The predicted octanol–water partition coefficient (Wildman–Crippen LogP) is 3.26. The number of halogens is 3. The maximum Gasteiger partial charge on any atom is 0.471 e. The molecule has 1 aliphatic rings. The van der Waals surface area contributed by atoms with Crippen molar-refractivity contribution in [2.24, 2.45) is 7.05 Å². The van der Waals surface area contributed by atoms with Gasteiger partial charge in [-0.05, 0) is 37.6 Å². The van der Waals surface area contributed by atoms with E-state index in [9.17, 15) is 13.2 Å². The number of hydrogen-bond donors (Lipinski definition) is 0. The molecule has 3 aromatic rings. The van der Waals surface area contributed by atoms with Crippen molar-refractivity contribution in [2.75, 3.05) is 13.1 Å². The molecule has 7 nitrogen and oxygen atoms in total. The zero-order valence-corrected chi connectivity index (χ0v) is 15.2. The van der Waals surface area contributed by atoms with Gasteiger partial charge in [-0.25, -0.2) is 0 Å². The summed E-state index contributed by atoms with van der Waals surface area (Å²) in [5, 5.41) is 7.82. The van der Waals surface area contributed by atoms with Crippen LogP contribution in [-0.4, -0.2) is 42.9 Å². The van der Waals surface area contributed by atoms with Gasteiger partial charge >= 0.3 is 12.1 Å². The Bertz CT molecular complexity index is 933. The van der Waals surface area contributed by atoms with Gasteiger partial charge < -0.3 is 4.52 Å². The molecule has 0 bridgehead atoms. The molecular weight excluding hydrogens is 373 g/mol. The third kappa shape index (κ3) is 4.06. The van der Waals surface area contributed by atoms with Crippen molar-refractivity contribution in [3.05, 3.63) is 47.9 Å². The molecule has 0 N–H and O–H groups in total. The number of likely N-dealkylation sites (tertiary alicyclic amines) is 1. The monoisotopic (exact) mass is 392 g/mol. The second-order valence-corrected chi connectivity index (χ2v) is 6.95. The van der Waals surface area contributed by atoms with Gasteiger partial charge in [-0.1, -0.05) is 5.16 Å². The zero-order chi connectivity index (χ0) is 19.7. The van der Waals surface area contributed by atoms with E-state index in [2.05, 4.69) is 29.6 Å². The molecule has 0 unspecified atom stereocenters. The molecule has 0 aliphatic carbocycles. The van der Waals surface area contributed by atoms with Crippen molar-refractivity contribution in [3.63, 3.8) is 0 Å². The first-order chi connectivity index (χ1) is 13.4. The maximum atomic E-state index is 12.6. The summed E-state index contributed by atoms with van der Waals surface area (Å²) < 4.78 is 43.9. The van der Waals surface area contributed by atoms with E-state index in [1.807, 2.05) is 25.4 Å². The molecule has 1 atom stereocenters. The van der Waals surface area contributed by atoms with Gasteiger partial charge in [0.1, 0.15) is 0 Å². The van der Waals surface area contributed by atoms with Crippen LogP contribution in [0.3, 0.4) is 0 Å². The first-order valence-corrected chi connectivity index (χ1v) is 8.96. The summed E-state index contributed by atoms with van der Waals surface area (Å²) in [5.41, 5.74) is 2.34. The third-order valence-corrected chi connectivity index (χ3v) is 4.79. The lowest BCUT2D eigenvalue weighted by molar-refractivity contribution is -0.159. The SMILES string of the molecule is Cn1ccc(CN2CCC[C@H](c3ccc(-c4noc(C(F)(F)F)n4)cn3)C2)n1. The first kappa shape index (κ1) is 18.6. The summed E-state index contributed by atoms with van der Waals surface area (Å²) in [5.74, 6) is -1.21. The van der Waals surface area contributed by atoms with Crippen LogP contribution in [0.15, 0.2) is 35.1 Å². The van der Waals surface area contributed by atoms with E-state index in [1.54, 1.807) is 10.7 Å². The highest BCUT2D eigenvalue weighted by Gasteiger charge is 2.38. The molecule has 0 radical (unpaired) electrons. The molecule has 0 saturated carbocycles. The molecule has 28 heavy (non-hydrogen) atoms. The van der Waals surface area contributed by atoms with Crippen molar-refractivity contribution in [1.82, 2.24) is 29.8 Å². The fourth-order valence-electron chi connectivity index (χ4n) is 3.45. The van der Waals surface area contributed by atoms with E-state index in [4.69, 9.17) is 0 Å². The van der Waals surface area contributed by atoms with Crippen LogP contribution >= 0.6 is 0 Å². The molecule has 1 fully saturated rings. The van der Waals surface area contributed by atoms with Crippen LogP contribution < -0.4 is 0 Å². The summed E-state index contributed by atoms with van der Waals surface area (Å²) in [6.45, 7) is 2.66. The quantitative estimate of drug-likeness (QED) is 0.679. The Balaban J connectivity index is 1.43. The predicted molar refractivity (Wildman–Crippen MR) is 93.0 cm³/mol. The Morgan fingerprint density at radius 1 is 1.25 bits per heavy atom. The van der Waals surface area contributed by atoms with Crippen molar-refractivity contribution >= 4 is 0 Å². The fourth-order valence-corrected chi connectivity index (χ4v) is 3.45. The number of hydrogen-bond acceptors (Lipinski definition) is 6.